The number of hydrogen-bond donors (Lipinski definition) is 3. The van der Waals surface area contributed by atoms with Gasteiger partial charge in [0, 0.05) is 24.8 Å². The lowest BCUT2D eigenvalue weighted by atomic mass is 10.2. The molecule has 1 saturated heterocycles. The Kier molecular flexibility index (Phi) is 8.39. The molecule has 0 spiro atoms. The van der Waals surface area contributed by atoms with Crippen molar-refractivity contribution in [3.05, 3.63) is 54.2 Å². The van der Waals surface area contributed by atoms with Gasteiger partial charge in [-0.25, -0.2) is 18.1 Å². The van der Waals surface area contributed by atoms with Crippen LogP contribution in [0.25, 0.3) is 0 Å². The van der Waals surface area contributed by atoms with Crippen molar-refractivity contribution in [2.45, 2.75) is 18.2 Å². The zero-order chi connectivity index (χ0) is 26.3. The van der Waals surface area contributed by atoms with Gasteiger partial charge >= 0.3 is 0 Å². The Morgan fingerprint density at radius 2 is 1.92 bits per heavy atom. The molecule has 0 unspecified atom stereocenters. The normalized spacial score (nSPS) is 13.6. The molecule has 37 heavy (non-hydrogen) atoms. The third kappa shape index (κ3) is 6.26. The Morgan fingerprint density at radius 3 is 2.65 bits per heavy atom. The van der Waals surface area contributed by atoms with Crippen LogP contribution in [0, 0.1) is 11.3 Å². The van der Waals surface area contributed by atoms with Gasteiger partial charge in [0.15, 0.2) is 5.82 Å². The summed E-state index contributed by atoms with van der Waals surface area (Å²) in [6.45, 7) is 5.54. The van der Waals surface area contributed by atoms with E-state index in [1.807, 2.05) is 31.2 Å². The summed E-state index contributed by atoms with van der Waals surface area (Å²) >= 11 is 0. The maximum absolute atomic E-state index is 12.5. The van der Waals surface area contributed by atoms with Crippen molar-refractivity contribution in [2.75, 3.05) is 55.5 Å². The van der Waals surface area contributed by atoms with E-state index in [9.17, 15) is 13.7 Å². The number of morpholine rings is 1. The SMILES string of the molecule is CCCOc1cc(N2CCOCC2)ccc1Nc1ncc(C#N)c(Nc2ccccc2S(=O)(=O)NC)n1. The van der Waals surface area contributed by atoms with Crippen molar-refractivity contribution in [1.82, 2.24) is 14.7 Å². The van der Waals surface area contributed by atoms with E-state index in [1.165, 1.54) is 19.3 Å². The molecule has 0 bridgehead atoms. The number of sulfonamides is 1. The lowest BCUT2D eigenvalue weighted by Crippen LogP contribution is -2.36. The fourth-order valence-electron chi connectivity index (χ4n) is 3.75. The summed E-state index contributed by atoms with van der Waals surface area (Å²) in [4.78, 5) is 11.0. The largest absolute Gasteiger partial charge is 0.491 e. The zero-order valence-corrected chi connectivity index (χ0v) is 21.5. The summed E-state index contributed by atoms with van der Waals surface area (Å²) in [6, 6.07) is 14.3. The van der Waals surface area contributed by atoms with E-state index in [2.05, 4.69) is 30.2 Å². The maximum Gasteiger partial charge on any atom is 0.242 e. The number of para-hydroxylation sites is 1. The van der Waals surface area contributed by atoms with E-state index >= 15 is 0 Å². The number of nitriles is 1. The highest BCUT2D eigenvalue weighted by atomic mass is 32.2. The lowest BCUT2D eigenvalue weighted by Gasteiger charge is -2.29. The molecule has 0 atom stereocenters. The van der Waals surface area contributed by atoms with E-state index in [4.69, 9.17) is 9.47 Å². The lowest BCUT2D eigenvalue weighted by molar-refractivity contribution is 0.122. The van der Waals surface area contributed by atoms with Crippen molar-refractivity contribution in [3.8, 4) is 11.8 Å². The Balaban J connectivity index is 1.64. The van der Waals surface area contributed by atoms with Crippen LogP contribution < -0.4 is 25.0 Å². The van der Waals surface area contributed by atoms with Gasteiger partial charge in [-0.3, -0.25) is 0 Å². The molecule has 2 aromatic carbocycles. The molecule has 12 heteroatoms. The summed E-state index contributed by atoms with van der Waals surface area (Å²) in [5, 5.41) is 15.7. The minimum absolute atomic E-state index is 0.0310. The molecule has 0 amide bonds. The van der Waals surface area contributed by atoms with E-state index in [0.717, 1.165) is 25.2 Å². The van der Waals surface area contributed by atoms with Crippen LogP contribution in [0.1, 0.15) is 18.9 Å². The number of aromatic nitrogens is 2. The molecular weight excluding hydrogens is 494 g/mol. The summed E-state index contributed by atoms with van der Waals surface area (Å²) in [5.74, 6) is 1.04. The Bertz CT molecular complexity index is 1390. The van der Waals surface area contributed by atoms with Gasteiger partial charge in [0.25, 0.3) is 0 Å². The van der Waals surface area contributed by atoms with Gasteiger partial charge in [-0.1, -0.05) is 19.1 Å². The average molecular weight is 524 g/mol. The third-order valence-corrected chi connectivity index (χ3v) is 7.13. The highest BCUT2D eigenvalue weighted by molar-refractivity contribution is 7.89. The molecule has 0 aliphatic carbocycles. The van der Waals surface area contributed by atoms with Gasteiger partial charge in [0.2, 0.25) is 16.0 Å². The molecule has 1 aromatic heterocycles. The molecule has 1 aliphatic rings. The van der Waals surface area contributed by atoms with E-state index in [-0.39, 0.29) is 27.9 Å². The molecule has 4 rings (SSSR count). The van der Waals surface area contributed by atoms with Crippen LogP contribution >= 0.6 is 0 Å². The van der Waals surface area contributed by atoms with Crippen molar-refractivity contribution in [1.29, 1.82) is 5.26 Å². The molecule has 0 radical (unpaired) electrons. The van der Waals surface area contributed by atoms with Crippen LogP contribution in [-0.4, -0.2) is 58.3 Å². The minimum atomic E-state index is -3.74. The molecule has 11 nitrogen and oxygen atoms in total. The highest BCUT2D eigenvalue weighted by Gasteiger charge is 2.19. The topological polar surface area (TPSA) is 142 Å². The smallest absolute Gasteiger partial charge is 0.242 e. The van der Waals surface area contributed by atoms with Crippen LogP contribution in [0.2, 0.25) is 0 Å². The van der Waals surface area contributed by atoms with E-state index in [0.29, 0.717) is 31.3 Å². The molecular formula is C25H29N7O4S. The zero-order valence-electron chi connectivity index (χ0n) is 20.7. The molecule has 2 heterocycles. The fraction of sp³-hybridized carbons (Fsp3) is 0.320. The first-order chi connectivity index (χ1) is 17.9. The second kappa shape index (κ2) is 11.9. The molecule has 0 saturated carbocycles. The predicted octanol–water partition coefficient (Wildman–Crippen LogP) is 3.37. The van der Waals surface area contributed by atoms with Crippen LogP contribution in [0.4, 0.5) is 28.8 Å². The number of hydrogen-bond acceptors (Lipinski definition) is 10. The summed E-state index contributed by atoms with van der Waals surface area (Å²) < 4.78 is 38.7. The van der Waals surface area contributed by atoms with Crippen molar-refractivity contribution < 1.29 is 17.9 Å². The van der Waals surface area contributed by atoms with Crippen molar-refractivity contribution in [3.63, 3.8) is 0 Å². The van der Waals surface area contributed by atoms with Crippen LogP contribution in [0.5, 0.6) is 5.75 Å². The highest BCUT2D eigenvalue weighted by Crippen LogP contribution is 2.33. The minimum Gasteiger partial charge on any atom is -0.491 e. The number of nitrogens with one attached hydrogen (secondary N) is 3. The number of anilines is 5. The second-order valence-electron chi connectivity index (χ2n) is 8.15. The Labute approximate surface area is 216 Å². The first-order valence-corrected chi connectivity index (χ1v) is 13.4. The van der Waals surface area contributed by atoms with Crippen molar-refractivity contribution in [2.24, 2.45) is 0 Å². The first kappa shape index (κ1) is 26.2. The molecule has 3 N–H and O–H groups in total. The molecule has 194 valence electrons. The number of rotatable bonds is 10. The van der Waals surface area contributed by atoms with Crippen LogP contribution in [-0.2, 0) is 14.8 Å². The number of ether oxygens (including phenoxy) is 2. The van der Waals surface area contributed by atoms with Crippen LogP contribution in [0.3, 0.4) is 0 Å². The van der Waals surface area contributed by atoms with Crippen LogP contribution in [0.15, 0.2) is 53.6 Å². The average Bonchev–Trinajstić information content (AvgIpc) is 2.93. The van der Waals surface area contributed by atoms with Gasteiger partial charge in [0.05, 0.1) is 37.4 Å². The summed E-state index contributed by atoms with van der Waals surface area (Å²) in [5.41, 5.74) is 2.14. The van der Waals surface area contributed by atoms with E-state index < -0.39 is 10.0 Å². The predicted molar refractivity (Wildman–Crippen MR) is 141 cm³/mol. The van der Waals surface area contributed by atoms with Gasteiger partial charge in [0.1, 0.15) is 22.3 Å². The molecule has 1 aliphatic heterocycles. The van der Waals surface area contributed by atoms with Gasteiger partial charge in [-0.2, -0.15) is 10.2 Å². The monoisotopic (exact) mass is 523 g/mol. The number of nitrogens with zero attached hydrogens (tertiary/aromatic N) is 4. The first-order valence-electron chi connectivity index (χ1n) is 11.9. The van der Waals surface area contributed by atoms with Gasteiger partial charge in [-0.05, 0) is 37.7 Å². The Morgan fingerprint density at radius 1 is 1.14 bits per heavy atom. The fourth-order valence-corrected chi connectivity index (χ4v) is 4.63. The van der Waals surface area contributed by atoms with Crippen molar-refractivity contribution >= 4 is 38.9 Å². The Hall–Kier alpha value is -3.92. The summed E-state index contributed by atoms with van der Waals surface area (Å²) in [6.07, 6.45) is 2.22. The molecule has 3 aromatic rings. The second-order valence-corrected chi connectivity index (χ2v) is 10.0. The van der Waals surface area contributed by atoms with E-state index in [1.54, 1.807) is 18.2 Å². The van der Waals surface area contributed by atoms with Gasteiger partial charge in [-0.15, -0.1) is 0 Å². The third-order valence-electron chi connectivity index (χ3n) is 5.66. The molecule has 1 fully saturated rings. The summed E-state index contributed by atoms with van der Waals surface area (Å²) in [7, 11) is -2.40. The quantitative estimate of drug-likeness (QED) is 0.362. The number of benzene rings is 2. The standard InChI is InChI=1S/C25H29N7O4S/c1-3-12-36-22-15-19(32-10-13-35-14-11-32)8-9-20(22)30-25-28-17-18(16-26)24(31-25)29-21-6-4-5-7-23(21)37(33,34)27-2/h4-9,15,17,27H,3,10-14H2,1-2H3,(H2,28,29,30,31). The van der Waals surface area contributed by atoms with Gasteiger partial charge < -0.3 is 25.0 Å². The maximum atomic E-state index is 12.5.